The third-order valence-electron chi connectivity index (χ3n) is 6.21. The van der Waals surface area contributed by atoms with Gasteiger partial charge in [0, 0.05) is 23.6 Å². The SMILES string of the molecule is COc1cccc(N2C(=S)SC3C(=O)N4NC(=O)C5CCCCC5C4NC32)c1. The van der Waals surface area contributed by atoms with Crippen LogP contribution < -0.4 is 20.4 Å². The molecule has 148 valence electrons. The molecule has 3 saturated heterocycles. The highest BCUT2D eigenvalue weighted by Gasteiger charge is 2.56. The van der Waals surface area contributed by atoms with Gasteiger partial charge in [-0.2, -0.15) is 0 Å². The molecule has 3 aliphatic heterocycles. The number of nitrogens with one attached hydrogen (secondary N) is 2. The maximum absolute atomic E-state index is 13.2. The Morgan fingerprint density at radius 1 is 1.21 bits per heavy atom. The maximum Gasteiger partial charge on any atom is 0.259 e. The van der Waals surface area contributed by atoms with Crippen LogP contribution in [0.5, 0.6) is 5.75 Å². The Bertz CT molecular complexity index is 850. The first kappa shape index (κ1) is 18.2. The van der Waals surface area contributed by atoms with Gasteiger partial charge in [0.1, 0.15) is 27.7 Å². The molecule has 4 fully saturated rings. The lowest BCUT2D eigenvalue weighted by Gasteiger charge is -2.52. The number of hydrazine groups is 1. The summed E-state index contributed by atoms with van der Waals surface area (Å²) in [5.41, 5.74) is 3.76. The summed E-state index contributed by atoms with van der Waals surface area (Å²) < 4.78 is 6.00. The van der Waals surface area contributed by atoms with Crippen LogP contribution in [0.1, 0.15) is 25.7 Å². The predicted molar refractivity (Wildman–Crippen MR) is 111 cm³/mol. The number of methoxy groups -OCH3 is 1. The van der Waals surface area contributed by atoms with Gasteiger partial charge in [-0.25, -0.2) is 5.01 Å². The Balaban J connectivity index is 1.49. The zero-order chi connectivity index (χ0) is 19.4. The average Bonchev–Trinajstić information content (AvgIpc) is 3.05. The summed E-state index contributed by atoms with van der Waals surface area (Å²) in [5.74, 6) is 0.750. The molecule has 0 radical (unpaired) electrons. The van der Waals surface area contributed by atoms with Crippen molar-refractivity contribution in [3.63, 3.8) is 0 Å². The second-order valence-electron chi connectivity index (χ2n) is 7.67. The van der Waals surface area contributed by atoms with Crippen LogP contribution in [-0.2, 0) is 9.59 Å². The number of benzene rings is 1. The largest absolute Gasteiger partial charge is 0.497 e. The molecule has 7 nitrogen and oxygen atoms in total. The lowest BCUT2D eigenvalue weighted by atomic mass is 9.75. The Kier molecular flexibility index (Phi) is 4.48. The van der Waals surface area contributed by atoms with Gasteiger partial charge in [0.25, 0.3) is 5.91 Å². The van der Waals surface area contributed by atoms with Crippen molar-refractivity contribution < 1.29 is 14.3 Å². The number of thiocarbonyl (C=S) groups is 1. The fraction of sp³-hybridized carbons (Fsp3) is 0.526. The monoisotopic (exact) mass is 418 g/mol. The summed E-state index contributed by atoms with van der Waals surface area (Å²) in [5, 5.41) is 4.79. The molecular formula is C19H22N4O3S2. The number of carbonyl (C=O) groups excluding carboxylic acids is 2. The van der Waals surface area contributed by atoms with E-state index in [-0.39, 0.29) is 36.0 Å². The minimum Gasteiger partial charge on any atom is -0.497 e. The van der Waals surface area contributed by atoms with E-state index in [1.165, 1.54) is 16.8 Å². The van der Waals surface area contributed by atoms with Crippen LogP contribution in [0.2, 0.25) is 0 Å². The van der Waals surface area contributed by atoms with E-state index in [0.717, 1.165) is 37.1 Å². The van der Waals surface area contributed by atoms with Crippen molar-refractivity contribution in [3.05, 3.63) is 24.3 Å². The van der Waals surface area contributed by atoms with Crippen LogP contribution in [0.15, 0.2) is 24.3 Å². The van der Waals surface area contributed by atoms with Gasteiger partial charge in [-0.05, 0) is 25.0 Å². The summed E-state index contributed by atoms with van der Waals surface area (Å²) in [7, 11) is 1.63. The Hall–Kier alpha value is -1.84. The normalized spacial score (nSPS) is 34.5. The van der Waals surface area contributed by atoms with Gasteiger partial charge >= 0.3 is 0 Å². The molecular weight excluding hydrogens is 396 g/mol. The van der Waals surface area contributed by atoms with Gasteiger partial charge in [-0.1, -0.05) is 42.9 Å². The first-order valence-corrected chi connectivity index (χ1v) is 10.9. The van der Waals surface area contributed by atoms with E-state index < -0.39 is 5.25 Å². The zero-order valence-corrected chi connectivity index (χ0v) is 17.1. The quantitative estimate of drug-likeness (QED) is 0.710. The molecule has 0 spiro atoms. The summed E-state index contributed by atoms with van der Waals surface area (Å²) in [4.78, 5) is 27.8. The van der Waals surface area contributed by atoms with Gasteiger partial charge in [-0.15, -0.1) is 0 Å². The van der Waals surface area contributed by atoms with Crippen molar-refractivity contribution in [3.8, 4) is 5.75 Å². The summed E-state index contributed by atoms with van der Waals surface area (Å²) in [6.45, 7) is 0. The van der Waals surface area contributed by atoms with E-state index >= 15 is 0 Å². The number of carbonyl (C=O) groups is 2. The molecule has 1 aromatic carbocycles. The molecule has 28 heavy (non-hydrogen) atoms. The van der Waals surface area contributed by atoms with Crippen LogP contribution in [0.25, 0.3) is 0 Å². The lowest BCUT2D eigenvalue weighted by molar-refractivity contribution is -0.164. The minimum atomic E-state index is -0.393. The van der Waals surface area contributed by atoms with E-state index in [2.05, 4.69) is 10.7 Å². The highest BCUT2D eigenvalue weighted by atomic mass is 32.2. The topological polar surface area (TPSA) is 73.9 Å². The molecule has 1 saturated carbocycles. The van der Waals surface area contributed by atoms with Gasteiger partial charge in [0.2, 0.25) is 5.91 Å². The lowest BCUT2D eigenvalue weighted by Crippen LogP contribution is -2.76. The second-order valence-corrected chi connectivity index (χ2v) is 9.45. The van der Waals surface area contributed by atoms with E-state index in [9.17, 15) is 9.59 Å². The predicted octanol–water partition coefficient (Wildman–Crippen LogP) is 1.84. The number of hydrogen-bond acceptors (Lipinski definition) is 6. The Morgan fingerprint density at radius 3 is 2.86 bits per heavy atom. The van der Waals surface area contributed by atoms with E-state index in [1.807, 2.05) is 29.2 Å². The number of nitrogens with zero attached hydrogens (tertiary/aromatic N) is 2. The third kappa shape index (κ3) is 2.71. The number of hydrogen-bond donors (Lipinski definition) is 2. The van der Waals surface area contributed by atoms with Gasteiger partial charge in [0.05, 0.1) is 7.11 Å². The maximum atomic E-state index is 13.2. The second kappa shape index (κ2) is 6.89. The summed E-state index contributed by atoms with van der Waals surface area (Å²) in [6, 6.07) is 7.71. The standard InChI is InChI=1S/C19H22N4O3S2/c1-26-11-6-4-5-10(9-11)22-16-14(28-19(22)27)18(25)23-15(20-16)12-7-2-3-8-13(12)17(24)21-23/h4-6,9,12-16,20H,2-3,7-8H2,1H3,(H,21,24). The molecule has 0 aromatic heterocycles. The number of thioether (sulfide) groups is 1. The number of ether oxygens (including phenoxy) is 1. The molecule has 5 unspecified atom stereocenters. The highest BCUT2D eigenvalue weighted by molar-refractivity contribution is 8.24. The molecule has 4 aliphatic rings. The molecule has 3 heterocycles. The number of amides is 2. The average molecular weight is 419 g/mol. The minimum absolute atomic E-state index is 0.0234. The van der Waals surface area contributed by atoms with Crippen LogP contribution in [-0.4, -0.2) is 45.8 Å². The highest BCUT2D eigenvalue weighted by Crippen LogP contribution is 2.43. The van der Waals surface area contributed by atoms with E-state index in [1.54, 1.807) is 7.11 Å². The van der Waals surface area contributed by atoms with Crippen molar-refractivity contribution in [2.75, 3.05) is 12.0 Å². The van der Waals surface area contributed by atoms with Gasteiger partial charge < -0.3 is 9.64 Å². The molecule has 9 heteroatoms. The molecule has 5 atom stereocenters. The zero-order valence-electron chi connectivity index (χ0n) is 15.5. The van der Waals surface area contributed by atoms with E-state index in [0.29, 0.717) is 4.32 Å². The first-order chi connectivity index (χ1) is 13.6. The molecule has 1 aromatic rings. The first-order valence-electron chi connectivity index (χ1n) is 9.62. The van der Waals surface area contributed by atoms with Crippen LogP contribution in [0.3, 0.4) is 0 Å². The van der Waals surface area contributed by atoms with Crippen molar-refractivity contribution in [1.29, 1.82) is 0 Å². The van der Waals surface area contributed by atoms with Crippen LogP contribution in [0, 0.1) is 11.8 Å². The molecule has 2 N–H and O–H groups in total. The number of fused-ring (bicyclic) bond motifs is 4. The Morgan fingerprint density at radius 2 is 2.04 bits per heavy atom. The van der Waals surface area contributed by atoms with Crippen molar-refractivity contribution in [2.45, 2.75) is 43.3 Å². The summed E-state index contributed by atoms with van der Waals surface area (Å²) in [6.07, 6.45) is 3.56. The van der Waals surface area contributed by atoms with Crippen LogP contribution in [0.4, 0.5) is 5.69 Å². The van der Waals surface area contributed by atoms with Crippen LogP contribution >= 0.6 is 24.0 Å². The Labute approximate surface area is 173 Å². The van der Waals surface area contributed by atoms with Crippen molar-refractivity contribution in [1.82, 2.24) is 15.8 Å². The molecule has 2 amide bonds. The molecule has 5 rings (SSSR count). The van der Waals surface area contributed by atoms with Gasteiger partial charge in [0.15, 0.2) is 0 Å². The van der Waals surface area contributed by atoms with Gasteiger partial charge in [-0.3, -0.25) is 20.3 Å². The summed E-state index contributed by atoms with van der Waals surface area (Å²) >= 11 is 6.99. The smallest absolute Gasteiger partial charge is 0.259 e. The van der Waals surface area contributed by atoms with Crippen molar-refractivity contribution >= 4 is 45.8 Å². The van der Waals surface area contributed by atoms with Crippen molar-refractivity contribution in [2.24, 2.45) is 11.8 Å². The third-order valence-corrected chi connectivity index (χ3v) is 7.81. The fourth-order valence-corrected chi connectivity index (χ4v) is 6.50. The fourth-order valence-electron chi connectivity index (χ4n) is 4.88. The number of anilines is 1. The molecule has 1 aliphatic carbocycles. The van der Waals surface area contributed by atoms with E-state index in [4.69, 9.17) is 17.0 Å². The number of rotatable bonds is 2. The molecule has 0 bridgehead atoms.